The quantitative estimate of drug-likeness (QED) is 0.834. The van der Waals surface area contributed by atoms with Crippen molar-refractivity contribution < 1.29 is 14.3 Å². The first-order chi connectivity index (χ1) is 10.2. The Morgan fingerprint density at radius 1 is 1.43 bits per heavy atom. The fourth-order valence-corrected chi connectivity index (χ4v) is 2.87. The molecule has 1 aliphatic rings. The maximum atomic E-state index is 11.7. The molecule has 1 aromatic carbocycles. The molecule has 2 N–H and O–H groups in total. The third-order valence-corrected chi connectivity index (χ3v) is 4.02. The lowest BCUT2D eigenvalue weighted by Crippen LogP contribution is -2.38. The number of nitrogens with zero attached hydrogens (tertiary/aromatic N) is 1. The monoisotopic (exact) mass is 292 g/mol. The van der Waals surface area contributed by atoms with Crippen molar-refractivity contribution in [3.05, 3.63) is 29.3 Å². The Labute approximate surface area is 126 Å². The van der Waals surface area contributed by atoms with E-state index in [4.69, 9.17) is 15.2 Å². The number of hydrogen-bond donors (Lipinski definition) is 1. The molecule has 21 heavy (non-hydrogen) atoms. The number of carbonyl (C=O) groups excluding carboxylic acids is 1. The van der Waals surface area contributed by atoms with Gasteiger partial charge in [-0.15, -0.1) is 0 Å². The topological polar surface area (TPSA) is 64.8 Å². The van der Waals surface area contributed by atoms with E-state index in [-0.39, 0.29) is 11.9 Å². The molecule has 1 aromatic rings. The van der Waals surface area contributed by atoms with Crippen LogP contribution in [0, 0.1) is 5.92 Å². The number of rotatable bonds is 5. The van der Waals surface area contributed by atoms with E-state index < -0.39 is 0 Å². The molecule has 0 saturated carbocycles. The van der Waals surface area contributed by atoms with E-state index in [1.807, 2.05) is 12.1 Å². The van der Waals surface area contributed by atoms with Crippen LogP contribution in [0.15, 0.2) is 18.2 Å². The molecular weight excluding hydrogens is 268 g/mol. The molecule has 0 aromatic heterocycles. The molecule has 1 fully saturated rings. The van der Waals surface area contributed by atoms with Crippen molar-refractivity contribution in [2.45, 2.75) is 25.9 Å². The fraction of sp³-hybridized carbons (Fsp3) is 0.562. The van der Waals surface area contributed by atoms with Crippen LogP contribution in [0.4, 0.5) is 0 Å². The summed E-state index contributed by atoms with van der Waals surface area (Å²) in [5, 5.41) is 0. The van der Waals surface area contributed by atoms with Crippen LogP contribution in [0.5, 0.6) is 5.75 Å². The average Bonchev–Trinajstić information content (AvgIpc) is 2.54. The Bertz CT molecular complexity index is 490. The molecule has 0 bridgehead atoms. The SMILES string of the molecule is COC(=O)C1CCCN(Cc2ccc(CN)c(OC)c2)C1. The summed E-state index contributed by atoms with van der Waals surface area (Å²) in [7, 11) is 3.12. The molecule has 116 valence electrons. The second kappa shape index (κ2) is 7.43. The zero-order valence-corrected chi connectivity index (χ0v) is 12.8. The van der Waals surface area contributed by atoms with Crippen molar-refractivity contribution in [3.8, 4) is 5.75 Å². The normalized spacial score (nSPS) is 19.3. The molecule has 1 aliphatic heterocycles. The minimum absolute atomic E-state index is 0.00559. The maximum Gasteiger partial charge on any atom is 0.309 e. The first kappa shape index (κ1) is 15.8. The van der Waals surface area contributed by atoms with Crippen LogP contribution in [0.1, 0.15) is 24.0 Å². The van der Waals surface area contributed by atoms with Gasteiger partial charge < -0.3 is 15.2 Å². The second-order valence-corrected chi connectivity index (χ2v) is 5.45. The zero-order valence-electron chi connectivity index (χ0n) is 12.8. The average molecular weight is 292 g/mol. The maximum absolute atomic E-state index is 11.7. The van der Waals surface area contributed by atoms with E-state index in [0.29, 0.717) is 6.54 Å². The first-order valence-electron chi connectivity index (χ1n) is 7.34. The largest absolute Gasteiger partial charge is 0.496 e. The third-order valence-electron chi connectivity index (χ3n) is 4.02. The molecule has 1 unspecified atom stereocenters. The van der Waals surface area contributed by atoms with E-state index in [9.17, 15) is 4.79 Å². The molecule has 0 aliphatic carbocycles. The standard InChI is InChI=1S/C16H24N2O3/c1-20-15-8-12(5-6-13(15)9-17)10-18-7-3-4-14(11-18)16(19)21-2/h5-6,8,14H,3-4,7,9-11,17H2,1-2H3. The molecule has 1 atom stereocenters. The van der Waals surface area contributed by atoms with Gasteiger partial charge in [0.1, 0.15) is 5.75 Å². The zero-order chi connectivity index (χ0) is 15.2. The fourth-order valence-electron chi connectivity index (χ4n) is 2.87. The third kappa shape index (κ3) is 3.95. The number of esters is 1. The smallest absolute Gasteiger partial charge is 0.309 e. The van der Waals surface area contributed by atoms with Gasteiger partial charge in [-0.1, -0.05) is 12.1 Å². The highest BCUT2D eigenvalue weighted by molar-refractivity contribution is 5.72. The van der Waals surface area contributed by atoms with Crippen molar-refractivity contribution in [2.24, 2.45) is 11.7 Å². The number of likely N-dealkylation sites (tertiary alicyclic amines) is 1. The van der Waals surface area contributed by atoms with E-state index in [1.54, 1.807) is 7.11 Å². The number of nitrogens with two attached hydrogens (primary N) is 1. The van der Waals surface area contributed by atoms with Crippen molar-refractivity contribution in [1.82, 2.24) is 4.90 Å². The number of carbonyl (C=O) groups is 1. The molecule has 1 heterocycles. The minimum Gasteiger partial charge on any atom is -0.496 e. The summed E-state index contributed by atoms with van der Waals surface area (Å²) >= 11 is 0. The van der Waals surface area contributed by atoms with Crippen molar-refractivity contribution >= 4 is 5.97 Å². The Morgan fingerprint density at radius 2 is 2.24 bits per heavy atom. The van der Waals surface area contributed by atoms with E-state index in [2.05, 4.69) is 11.0 Å². The van der Waals surface area contributed by atoms with Gasteiger partial charge >= 0.3 is 5.97 Å². The highest BCUT2D eigenvalue weighted by atomic mass is 16.5. The Morgan fingerprint density at radius 3 is 2.90 bits per heavy atom. The van der Waals surface area contributed by atoms with Crippen LogP contribution < -0.4 is 10.5 Å². The molecule has 2 rings (SSSR count). The summed E-state index contributed by atoms with van der Waals surface area (Å²) in [5.74, 6) is 0.723. The number of methoxy groups -OCH3 is 2. The molecule has 0 amide bonds. The first-order valence-corrected chi connectivity index (χ1v) is 7.34. The van der Waals surface area contributed by atoms with Gasteiger partial charge in [0.05, 0.1) is 20.1 Å². The Hall–Kier alpha value is -1.59. The summed E-state index contributed by atoms with van der Waals surface area (Å²) in [4.78, 5) is 14.0. The second-order valence-electron chi connectivity index (χ2n) is 5.45. The van der Waals surface area contributed by atoms with Crippen molar-refractivity contribution in [1.29, 1.82) is 0 Å². The highest BCUT2D eigenvalue weighted by Gasteiger charge is 2.26. The van der Waals surface area contributed by atoms with Gasteiger partial charge in [0.25, 0.3) is 0 Å². The van der Waals surface area contributed by atoms with Crippen molar-refractivity contribution in [3.63, 3.8) is 0 Å². The number of ether oxygens (including phenoxy) is 2. The summed E-state index contributed by atoms with van der Waals surface area (Å²) in [6.07, 6.45) is 1.94. The lowest BCUT2D eigenvalue weighted by molar-refractivity contribution is -0.147. The number of benzene rings is 1. The van der Waals surface area contributed by atoms with Crippen LogP contribution in [-0.4, -0.2) is 38.2 Å². The summed E-state index contributed by atoms with van der Waals surface area (Å²) in [6, 6.07) is 6.12. The van der Waals surface area contributed by atoms with Crippen LogP contribution in [-0.2, 0) is 22.6 Å². The highest BCUT2D eigenvalue weighted by Crippen LogP contribution is 2.23. The number of hydrogen-bond acceptors (Lipinski definition) is 5. The van der Waals surface area contributed by atoms with Crippen molar-refractivity contribution in [2.75, 3.05) is 27.3 Å². The van der Waals surface area contributed by atoms with E-state index in [0.717, 1.165) is 43.8 Å². The summed E-state index contributed by atoms with van der Waals surface area (Å²) in [6.45, 7) is 3.05. The van der Waals surface area contributed by atoms with Gasteiger partial charge in [0, 0.05) is 25.2 Å². The lowest BCUT2D eigenvalue weighted by atomic mass is 9.97. The summed E-state index contributed by atoms with van der Waals surface area (Å²) < 4.78 is 10.2. The predicted molar refractivity (Wildman–Crippen MR) is 80.9 cm³/mol. The molecule has 5 heteroatoms. The van der Waals surface area contributed by atoms with Crippen LogP contribution in [0.2, 0.25) is 0 Å². The van der Waals surface area contributed by atoms with E-state index in [1.165, 1.54) is 12.7 Å². The van der Waals surface area contributed by atoms with Crippen LogP contribution in [0.25, 0.3) is 0 Å². The van der Waals surface area contributed by atoms with Crippen LogP contribution >= 0.6 is 0 Å². The molecule has 0 radical (unpaired) electrons. The molecule has 5 nitrogen and oxygen atoms in total. The van der Waals surface area contributed by atoms with Gasteiger partial charge in [-0.3, -0.25) is 9.69 Å². The predicted octanol–water partition coefficient (Wildman–Crippen LogP) is 1.54. The number of piperidine rings is 1. The Kier molecular flexibility index (Phi) is 5.59. The van der Waals surface area contributed by atoms with Gasteiger partial charge in [-0.05, 0) is 31.0 Å². The van der Waals surface area contributed by atoms with Gasteiger partial charge in [0.15, 0.2) is 0 Å². The minimum atomic E-state index is -0.101. The molecular formula is C16H24N2O3. The van der Waals surface area contributed by atoms with Crippen LogP contribution in [0.3, 0.4) is 0 Å². The van der Waals surface area contributed by atoms with Gasteiger partial charge in [-0.25, -0.2) is 0 Å². The lowest BCUT2D eigenvalue weighted by Gasteiger charge is -2.31. The summed E-state index contributed by atoms with van der Waals surface area (Å²) in [5.41, 5.74) is 7.87. The van der Waals surface area contributed by atoms with Gasteiger partial charge in [0.2, 0.25) is 0 Å². The molecule has 1 saturated heterocycles. The molecule has 0 spiro atoms. The van der Waals surface area contributed by atoms with E-state index >= 15 is 0 Å². The Balaban J connectivity index is 2.02. The van der Waals surface area contributed by atoms with Gasteiger partial charge in [-0.2, -0.15) is 0 Å².